The van der Waals surface area contributed by atoms with Gasteiger partial charge >= 0.3 is 0 Å². The first-order valence-corrected chi connectivity index (χ1v) is 6.76. The molecule has 0 spiro atoms. The summed E-state index contributed by atoms with van der Waals surface area (Å²) < 4.78 is 0.785. The zero-order chi connectivity index (χ0) is 12.4. The normalized spacial score (nSPS) is 23.7. The number of amides is 1. The van der Waals surface area contributed by atoms with Crippen LogP contribution in [0.25, 0.3) is 0 Å². The minimum absolute atomic E-state index is 0.0740. The first kappa shape index (κ1) is 12.9. The van der Waals surface area contributed by atoms with Crippen molar-refractivity contribution in [3.63, 3.8) is 0 Å². The smallest absolute Gasteiger partial charge is 0.251 e. The second-order valence-corrected chi connectivity index (χ2v) is 5.57. The number of nitrogens with one attached hydrogen (secondary N) is 1. The molecule has 92 valence electrons. The Kier molecular flexibility index (Phi) is 4.07. The first-order chi connectivity index (χ1) is 8.08. The maximum Gasteiger partial charge on any atom is 0.251 e. The minimum Gasteiger partial charge on any atom is -0.348 e. The first-order valence-electron chi connectivity index (χ1n) is 5.59. The van der Waals surface area contributed by atoms with Crippen LogP contribution in [0.5, 0.6) is 0 Å². The molecule has 0 heterocycles. The zero-order valence-electron chi connectivity index (χ0n) is 9.25. The molecule has 1 fully saturated rings. The van der Waals surface area contributed by atoms with Crippen molar-refractivity contribution in [1.82, 2.24) is 5.32 Å². The zero-order valence-corrected chi connectivity index (χ0v) is 11.6. The Bertz CT molecular complexity index is 439. The van der Waals surface area contributed by atoms with Gasteiger partial charge in [0.25, 0.3) is 5.91 Å². The lowest BCUT2D eigenvalue weighted by molar-refractivity contribution is 0.0934. The number of hydrogen-bond acceptors (Lipinski definition) is 2. The van der Waals surface area contributed by atoms with Crippen molar-refractivity contribution >= 4 is 33.4 Å². The molecule has 0 aromatic heterocycles. The van der Waals surface area contributed by atoms with E-state index in [1.54, 1.807) is 18.2 Å². The van der Waals surface area contributed by atoms with Gasteiger partial charge in [-0.25, -0.2) is 0 Å². The molecular weight excluding hydrogens is 304 g/mol. The summed E-state index contributed by atoms with van der Waals surface area (Å²) in [6.45, 7) is 0. The van der Waals surface area contributed by atoms with Crippen molar-refractivity contribution in [2.75, 3.05) is 0 Å². The van der Waals surface area contributed by atoms with E-state index in [1.807, 2.05) is 0 Å². The Morgan fingerprint density at radius 1 is 1.47 bits per heavy atom. The minimum atomic E-state index is -0.109. The summed E-state index contributed by atoms with van der Waals surface area (Å²) >= 11 is 9.24. The molecule has 0 saturated heterocycles. The van der Waals surface area contributed by atoms with E-state index in [4.69, 9.17) is 17.3 Å². The van der Waals surface area contributed by atoms with Crippen LogP contribution in [0.15, 0.2) is 22.7 Å². The van der Waals surface area contributed by atoms with Crippen LogP contribution in [-0.4, -0.2) is 18.0 Å². The molecule has 1 amide bonds. The van der Waals surface area contributed by atoms with Crippen molar-refractivity contribution in [2.24, 2.45) is 5.73 Å². The Balaban J connectivity index is 2.06. The maximum absolute atomic E-state index is 12.0. The number of hydrogen-bond donors (Lipinski definition) is 2. The van der Waals surface area contributed by atoms with Crippen molar-refractivity contribution in [3.05, 3.63) is 33.3 Å². The highest BCUT2D eigenvalue weighted by molar-refractivity contribution is 9.10. The molecule has 1 aliphatic carbocycles. The summed E-state index contributed by atoms with van der Waals surface area (Å²) in [6, 6.07) is 5.33. The van der Waals surface area contributed by atoms with Crippen LogP contribution in [-0.2, 0) is 0 Å². The van der Waals surface area contributed by atoms with E-state index in [9.17, 15) is 4.79 Å². The lowest BCUT2D eigenvalue weighted by atomic mass is 10.1. The Labute approximate surface area is 114 Å². The van der Waals surface area contributed by atoms with E-state index in [1.165, 1.54) is 0 Å². The lowest BCUT2D eigenvalue weighted by Gasteiger charge is -2.17. The molecular formula is C12H14BrClN2O. The van der Waals surface area contributed by atoms with E-state index >= 15 is 0 Å². The average molecular weight is 318 g/mol. The molecule has 17 heavy (non-hydrogen) atoms. The van der Waals surface area contributed by atoms with Gasteiger partial charge in [-0.15, -0.1) is 0 Å². The van der Waals surface area contributed by atoms with Crippen LogP contribution >= 0.6 is 27.5 Å². The van der Waals surface area contributed by atoms with Crippen molar-refractivity contribution in [2.45, 2.75) is 31.3 Å². The van der Waals surface area contributed by atoms with Gasteiger partial charge in [0.1, 0.15) is 0 Å². The van der Waals surface area contributed by atoms with E-state index in [0.29, 0.717) is 10.6 Å². The van der Waals surface area contributed by atoms with Gasteiger partial charge in [-0.05, 0) is 53.4 Å². The Morgan fingerprint density at radius 3 is 2.82 bits per heavy atom. The van der Waals surface area contributed by atoms with Gasteiger partial charge in [0.15, 0.2) is 0 Å². The van der Waals surface area contributed by atoms with E-state index in [2.05, 4.69) is 21.2 Å². The third-order valence-corrected chi connectivity index (χ3v) is 4.30. The number of halogens is 2. The lowest BCUT2D eigenvalue weighted by Crippen LogP contribution is -2.43. The van der Waals surface area contributed by atoms with Gasteiger partial charge in [-0.3, -0.25) is 4.79 Å². The number of rotatable bonds is 2. The highest BCUT2D eigenvalue weighted by Crippen LogP contribution is 2.23. The number of carbonyl (C=O) groups is 1. The molecule has 3 N–H and O–H groups in total. The molecule has 1 aliphatic rings. The van der Waals surface area contributed by atoms with Crippen molar-refractivity contribution in [1.29, 1.82) is 0 Å². The van der Waals surface area contributed by atoms with Crippen LogP contribution in [0, 0.1) is 0 Å². The molecule has 1 aromatic rings. The van der Waals surface area contributed by atoms with E-state index in [0.717, 1.165) is 23.7 Å². The SMILES string of the molecule is NC1CCCC1NC(=O)c1ccc(Br)c(Cl)c1. The number of nitrogens with two attached hydrogens (primary N) is 1. The topological polar surface area (TPSA) is 55.1 Å². The average Bonchev–Trinajstić information content (AvgIpc) is 2.68. The maximum atomic E-state index is 12.0. The second kappa shape index (κ2) is 5.38. The summed E-state index contributed by atoms with van der Waals surface area (Å²) in [5.41, 5.74) is 6.48. The van der Waals surface area contributed by atoms with Crippen molar-refractivity contribution < 1.29 is 4.79 Å². The number of benzene rings is 1. The Hall–Kier alpha value is -0.580. The molecule has 5 heteroatoms. The van der Waals surface area contributed by atoms with Crippen LogP contribution in [0.1, 0.15) is 29.6 Å². The van der Waals surface area contributed by atoms with E-state index < -0.39 is 0 Å². The summed E-state index contributed by atoms with van der Waals surface area (Å²) in [5, 5.41) is 3.49. The molecule has 0 bridgehead atoms. The predicted octanol–water partition coefficient (Wildman–Crippen LogP) is 2.71. The monoisotopic (exact) mass is 316 g/mol. The van der Waals surface area contributed by atoms with Crippen LogP contribution in [0.3, 0.4) is 0 Å². The molecule has 2 atom stereocenters. The van der Waals surface area contributed by atoms with Gasteiger partial charge < -0.3 is 11.1 Å². The molecule has 3 nitrogen and oxygen atoms in total. The fourth-order valence-corrected chi connectivity index (χ4v) is 2.48. The van der Waals surface area contributed by atoms with E-state index in [-0.39, 0.29) is 18.0 Å². The highest BCUT2D eigenvalue weighted by Gasteiger charge is 2.25. The predicted molar refractivity (Wildman–Crippen MR) is 72.2 cm³/mol. The quantitative estimate of drug-likeness (QED) is 0.881. The second-order valence-electron chi connectivity index (χ2n) is 4.30. The van der Waals surface area contributed by atoms with Crippen LogP contribution in [0.4, 0.5) is 0 Å². The van der Waals surface area contributed by atoms with Crippen LogP contribution < -0.4 is 11.1 Å². The third-order valence-electron chi connectivity index (χ3n) is 3.07. The molecule has 1 aromatic carbocycles. The summed E-state index contributed by atoms with van der Waals surface area (Å²) in [4.78, 5) is 12.0. The van der Waals surface area contributed by atoms with Crippen molar-refractivity contribution in [3.8, 4) is 0 Å². The van der Waals surface area contributed by atoms with Gasteiger partial charge in [0, 0.05) is 22.1 Å². The molecule has 0 aliphatic heterocycles. The summed E-state index contributed by atoms with van der Waals surface area (Å²) in [7, 11) is 0. The summed E-state index contributed by atoms with van der Waals surface area (Å²) in [5.74, 6) is -0.109. The van der Waals surface area contributed by atoms with Gasteiger partial charge in [-0.2, -0.15) is 0 Å². The fourth-order valence-electron chi connectivity index (χ4n) is 2.06. The third kappa shape index (κ3) is 3.00. The van der Waals surface area contributed by atoms with Crippen LogP contribution in [0.2, 0.25) is 5.02 Å². The Morgan fingerprint density at radius 2 is 2.24 bits per heavy atom. The largest absolute Gasteiger partial charge is 0.348 e. The van der Waals surface area contributed by atoms with Gasteiger partial charge in [0.2, 0.25) is 0 Å². The highest BCUT2D eigenvalue weighted by atomic mass is 79.9. The van der Waals surface area contributed by atoms with Gasteiger partial charge in [-0.1, -0.05) is 11.6 Å². The number of carbonyl (C=O) groups excluding carboxylic acids is 1. The fraction of sp³-hybridized carbons (Fsp3) is 0.417. The summed E-state index contributed by atoms with van der Waals surface area (Å²) in [6.07, 6.45) is 3.01. The standard InChI is InChI=1S/C12H14BrClN2O/c13-8-5-4-7(6-9(8)14)12(17)16-11-3-1-2-10(11)15/h4-6,10-11H,1-3,15H2,(H,16,17). The molecule has 1 saturated carbocycles. The molecule has 2 rings (SSSR count). The van der Waals surface area contributed by atoms with Gasteiger partial charge in [0.05, 0.1) is 5.02 Å². The molecule has 2 unspecified atom stereocenters. The molecule has 0 radical (unpaired) electrons.